The van der Waals surface area contributed by atoms with Gasteiger partial charge >= 0.3 is 12.0 Å². The van der Waals surface area contributed by atoms with Gasteiger partial charge in [0.1, 0.15) is 12.5 Å². The Morgan fingerprint density at radius 3 is 2.50 bits per heavy atom. The van der Waals surface area contributed by atoms with E-state index >= 15 is 0 Å². The number of hydrogen-bond donors (Lipinski definition) is 0. The minimum atomic E-state index is -1.01. The van der Waals surface area contributed by atoms with Crippen LogP contribution in [0.3, 0.4) is 0 Å². The van der Waals surface area contributed by atoms with E-state index in [2.05, 4.69) is 9.98 Å². The fourth-order valence-electron chi connectivity index (χ4n) is 3.04. The van der Waals surface area contributed by atoms with E-state index in [1.54, 1.807) is 0 Å². The summed E-state index contributed by atoms with van der Waals surface area (Å²) in [6.07, 6.45) is 0.452. The quantitative estimate of drug-likeness (QED) is 0.723. The maximum atomic E-state index is 13.8. The first-order chi connectivity index (χ1) is 13.5. The Morgan fingerprint density at radius 1 is 1.11 bits per heavy atom. The zero-order chi connectivity index (χ0) is 20.1. The van der Waals surface area contributed by atoms with Crippen molar-refractivity contribution in [1.82, 2.24) is 0 Å². The van der Waals surface area contributed by atoms with Gasteiger partial charge in [-0.25, -0.2) is 18.8 Å². The minimum absolute atomic E-state index is 0.0821. The van der Waals surface area contributed by atoms with E-state index in [1.807, 2.05) is 37.3 Å². The van der Waals surface area contributed by atoms with Crippen LogP contribution < -0.4 is 0 Å². The van der Waals surface area contributed by atoms with Crippen molar-refractivity contribution in [3.63, 3.8) is 0 Å². The molecule has 3 rings (SSSR count). The summed E-state index contributed by atoms with van der Waals surface area (Å²) < 4.78 is 37.8. The summed E-state index contributed by atoms with van der Waals surface area (Å²) in [5, 5.41) is 0. The van der Waals surface area contributed by atoms with E-state index in [4.69, 9.17) is 9.47 Å². The molecule has 0 bridgehead atoms. The molecular formula is C21H20F2N2O3. The molecule has 1 aliphatic rings. The van der Waals surface area contributed by atoms with Crippen LogP contribution in [0.1, 0.15) is 30.5 Å². The van der Waals surface area contributed by atoms with Gasteiger partial charge in [0.15, 0.2) is 11.6 Å². The second-order valence-corrected chi connectivity index (χ2v) is 6.26. The molecular weight excluding hydrogens is 366 g/mol. The summed E-state index contributed by atoms with van der Waals surface area (Å²) in [5.41, 5.74) is 1.70. The first-order valence-corrected chi connectivity index (χ1v) is 8.88. The first-order valence-electron chi connectivity index (χ1n) is 8.88. The smallest absolute Gasteiger partial charge is 0.317 e. The van der Waals surface area contributed by atoms with Crippen molar-refractivity contribution in [3.8, 4) is 0 Å². The van der Waals surface area contributed by atoms with Crippen LogP contribution >= 0.6 is 0 Å². The maximum Gasteiger partial charge on any atom is 0.317 e. The predicted octanol–water partition coefficient (Wildman–Crippen LogP) is 4.23. The lowest BCUT2D eigenvalue weighted by Crippen LogP contribution is -2.35. The molecule has 0 N–H and O–H groups in total. The van der Waals surface area contributed by atoms with Crippen molar-refractivity contribution in [3.05, 3.63) is 71.3 Å². The highest BCUT2D eigenvalue weighted by molar-refractivity contribution is 6.08. The minimum Gasteiger partial charge on any atom is -0.467 e. The monoisotopic (exact) mass is 386 g/mol. The van der Waals surface area contributed by atoms with Crippen LogP contribution in [-0.4, -0.2) is 24.8 Å². The van der Waals surface area contributed by atoms with E-state index < -0.39 is 29.6 Å². The molecule has 28 heavy (non-hydrogen) atoms. The summed E-state index contributed by atoms with van der Waals surface area (Å²) in [4.78, 5) is 21.5. The van der Waals surface area contributed by atoms with Gasteiger partial charge in [0.2, 0.25) is 0 Å². The van der Waals surface area contributed by atoms with Gasteiger partial charge in [0.05, 0.1) is 13.2 Å². The fraction of sp³-hybridized carbons (Fsp3) is 0.286. The number of methoxy groups -OCH3 is 1. The summed E-state index contributed by atoms with van der Waals surface area (Å²) in [5.74, 6) is -3.36. The van der Waals surface area contributed by atoms with Crippen LogP contribution in [0.25, 0.3) is 0 Å². The second kappa shape index (κ2) is 8.73. The molecule has 0 aromatic heterocycles. The van der Waals surface area contributed by atoms with Gasteiger partial charge in [0, 0.05) is 5.71 Å². The van der Waals surface area contributed by atoms with Gasteiger partial charge in [-0.15, -0.1) is 0 Å². The van der Waals surface area contributed by atoms with Crippen LogP contribution in [0.4, 0.5) is 8.78 Å². The zero-order valence-electron chi connectivity index (χ0n) is 15.6. The van der Waals surface area contributed by atoms with Gasteiger partial charge in [0.25, 0.3) is 0 Å². The topological polar surface area (TPSA) is 60.2 Å². The van der Waals surface area contributed by atoms with Crippen molar-refractivity contribution in [2.75, 3.05) is 7.11 Å². The van der Waals surface area contributed by atoms with Crippen LogP contribution in [-0.2, 0) is 20.9 Å². The number of ether oxygens (including phenoxy) is 2. The third-order valence-corrected chi connectivity index (χ3v) is 4.47. The Kier molecular flexibility index (Phi) is 6.13. The molecule has 5 nitrogen and oxygen atoms in total. The third-order valence-electron chi connectivity index (χ3n) is 4.47. The normalized spacial score (nSPS) is 18.9. The molecule has 0 amide bonds. The average molecular weight is 386 g/mol. The second-order valence-electron chi connectivity index (χ2n) is 6.26. The lowest BCUT2D eigenvalue weighted by Gasteiger charge is -2.27. The molecule has 2 unspecified atom stereocenters. The molecule has 2 aromatic rings. The molecule has 0 spiro atoms. The number of carbonyl (C=O) groups excluding carboxylic acids is 1. The Balaban J connectivity index is 1.91. The Morgan fingerprint density at radius 2 is 1.86 bits per heavy atom. The van der Waals surface area contributed by atoms with Crippen LogP contribution in [0.15, 0.2) is 58.5 Å². The summed E-state index contributed by atoms with van der Waals surface area (Å²) in [6.45, 7) is 1.94. The average Bonchev–Trinajstić information content (AvgIpc) is 2.73. The van der Waals surface area contributed by atoms with Crippen LogP contribution in [0.2, 0.25) is 0 Å². The Labute approximate surface area is 161 Å². The molecule has 146 valence electrons. The highest BCUT2D eigenvalue weighted by Crippen LogP contribution is 2.33. The van der Waals surface area contributed by atoms with Crippen molar-refractivity contribution in [2.24, 2.45) is 15.9 Å². The Hall–Kier alpha value is -3.09. The Bertz CT molecular complexity index is 913. The SMILES string of the molecule is CCC1=NC(OC)=NC(c2ccc(F)c(F)c2)C1C(=O)OCc1ccccc1. The number of carbonyl (C=O) groups is 1. The van der Waals surface area contributed by atoms with E-state index in [1.165, 1.54) is 13.2 Å². The number of rotatable bonds is 5. The maximum absolute atomic E-state index is 13.8. The molecule has 7 heteroatoms. The molecule has 0 aliphatic carbocycles. The molecule has 1 heterocycles. The lowest BCUT2D eigenvalue weighted by molar-refractivity contribution is -0.148. The van der Waals surface area contributed by atoms with E-state index in [0.29, 0.717) is 17.7 Å². The van der Waals surface area contributed by atoms with E-state index in [-0.39, 0.29) is 12.6 Å². The van der Waals surface area contributed by atoms with Crippen molar-refractivity contribution in [1.29, 1.82) is 0 Å². The molecule has 0 saturated heterocycles. The number of halogens is 2. The van der Waals surface area contributed by atoms with Gasteiger partial charge in [-0.3, -0.25) is 4.79 Å². The summed E-state index contributed by atoms with van der Waals surface area (Å²) in [6, 6.07) is 12.0. The summed E-state index contributed by atoms with van der Waals surface area (Å²) in [7, 11) is 1.41. The highest BCUT2D eigenvalue weighted by Gasteiger charge is 2.38. The fourth-order valence-corrected chi connectivity index (χ4v) is 3.04. The molecule has 0 fully saturated rings. The molecule has 0 saturated carbocycles. The predicted molar refractivity (Wildman–Crippen MR) is 101 cm³/mol. The van der Waals surface area contributed by atoms with Gasteiger partial charge in [-0.2, -0.15) is 0 Å². The largest absolute Gasteiger partial charge is 0.467 e. The van der Waals surface area contributed by atoms with Crippen molar-refractivity contribution < 1.29 is 23.0 Å². The molecule has 2 aromatic carbocycles. The number of hydrogen-bond acceptors (Lipinski definition) is 5. The number of amidine groups is 1. The van der Waals surface area contributed by atoms with Gasteiger partial charge < -0.3 is 9.47 Å². The number of aliphatic imine (C=N–C) groups is 2. The lowest BCUT2D eigenvalue weighted by atomic mass is 9.87. The number of esters is 1. The summed E-state index contributed by atoms with van der Waals surface area (Å²) >= 11 is 0. The van der Waals surface area contributed by atoms with E-state index in [9.17, 15) is 13.6 Å². The van der Waals surface area contributed by atoms with Crippen molar-refractivity contribution >= 4 is 17.7 Å². The number of nitrogens with zero attached hydrogens (tertiary/aromatic N) is 2. The third kappa shape index (κ3) is 4.24. The highest BCUT2D eigenvalue weighted by atomic mass is 19.2. The number of benzene rings is 2. The van der Waals surface area contributed by atoms with E-state index in [0.717, 1.165) is 17.7 Å². The first kappa shape index (κ1) is 19.7. The molecule has 2 atom stereocenters. The van der Waals surface area contributed by atoms with Gasteiger partial charge in [-0.1, -0.05) is 43.3 Å². The van der Waals surface area contributed by atoms with Gasteiger partial charge in [-0.05, 0) is 29.7 Å². The molecule has 0 radical (unpaired) electrons. The van der Waals surface area contributed by atoms with Crippen molar-refractivity contribution in [2.45, 2.75) is 26.0 Å². The zero-order valence-corrected chi connectivity index (χ0v) is 15.6. The van der Waals surface area contributed by atoms with Crippen LogP contribution in [0.5, 0.6) is 0 Å². The standard InChI is InChI=1S/C21H20F2N2O3/c1-3-17-18(20(26)28-12-13-7-5-4-6-8-13)19(25-21(24-17)27-2)14-9-10-15(22)16(23)11-14/h4-11,18-19H,3,12H2,1-2H3. The molecule has 1 aliphatic heterocycles. The van der Waals surface area contributed by atoms with Crippen LogP contribution in [0, 0.1) is 17.6 Å².